The van der Waals surface area contributed by atoms with Crippen LogP contribution >= 0.6 is 11.8 Å². The first-order valence-corrected chi connectivity index (χ1v) is 13.5. The lowest BCUT2D eigenvalue weighted by Crippen LogP contribution is -2.40. The summed E-state index contributed by atoms with van der Waals surface area (Å²) in [5.74, 6) is 0.330. The molecule has 2 heterocycles. The van der Waals surface area contributed by atoms with Gasteiger partial charge in [0.15, 0.2) is 10.9 Å². The average Bonchev–Trinajstić information content (AvgIpc) is 3.17. The number of benzene rings is 2. The Hall–Kier alpha value is -2.20. The van der Waals surface area contributed by atoms with E-state index in [2.05, 4.69) is 4.98 Å². The Morgan fingerprint density at radius 3 is 2.45 bits per heavy atom. The van der Waals surface area contributed by atoms with Gasteiger partial charge in [-0.05, 0) is 68.7 Å². The number of nitrogens with zero attached hydrogens (tertiary/aromatic N) is 3. The number of hydrogen-bond acceptors (Lipinski definition) is 6. The molecule has 0 N–H and O–H groups in total. The highest BCUT2D eigenvalue weighted by Gasteiger charge is 2.27. The maximum atomic E-state index is 13.0. The number of ketones is 1. The van der Waals surface area contributed by atoms with Crippen molar-refractivity contribution in [3.05, 3.63) is 52.6 Å². The molecule has 1 aromatic heterocycles. The largest absolute Gasteiger partial charge is 0.379 e. The summed E-state index contributed by atoms with van der Waals surface area (Å²) < 4.78 is 34.8. The number of rotatable bonds is 7. The van der Waals surface area contributed by atoms with Crippen molar-refractivity contribution in [2.24, 2.45) is 0 Å². The van der Waals surface area contributed by atoms with E-state index in [1.165, 1.54) is 21.6 Å². The predicted octanol–water partition coefficient (Wildman–Crippen LogP) is 3.98. The summed E-state index contributed by atoms with van der Waals surface area (Å²) >= 11 is 1.39. The smallest absolute Gasteiger partial charge is 0.243 e. The Balaban J connectivity index is 1.59. The van der Waals surface area contributed by atoms with E-state index in [0.717, 1.165) is 22.2 Å². The molecule has 3 aromatic rings. The van der Waals surface area contributed by atoms with Crippen LogP contribution in [0.1, 0.15) is 34.0 Å². The molecule has 0 unspecified atom stereocenters. The van der Waals surface area contributed by atoms with Crippen molar-refractivity contribution in [1.29, 1.82) is 0 Å². The van der Waals surface area contributed by atoms with Crippen molar-refractivity contribution in [2.75, 3.05) is 32.1 Å². The van der Waals surface area contributed by atoms with Crippen LogP contribution in [-0.4, -0.2) is 60.1 Å². The number of sulfonamides is 1. The second kappa shape index (κ2) is 9.58. The summed E-state index contributed by atoms with van der Waals surface area (Å²) in [4.78, 5) is 17.8. The summed E-state index contributed by atoms with van der Waals surface area (Å²) in [6.45, 7) is 10.2. The molecule has 4 rings (SSSR count). The minimum absolute atomic E-state index is 0.0610. The van der Waals surface area contributed by atoms with Gasteiger partial charge in [0.05, 0.1) is 34.9 Å². The molecular formula is C24H29N3O4S2. The predicted molar refractivity (Wildman–Crippen MR) is 131 cm³/mol. The van der Waals surface area contributed by atoms with Crippen LogP contribution in [0.2, 0.25) is 0 Å². The van der Waals surface area contributed by atoms with Crippen molar-refractivity contribution < 1.29 is 17.9 Å². The zero-order chi connectivity index (χ0) is 23.8. The molecule has 1 aliphatic heterocycles. The van der Waals surface area contributed by atoms with Gasteiger partial charge in [-0.15, -0.1) is 0 Å². The van der Waals surface area contributed by atoms with E-state index in [0.29, 0.717) is 43.5 Å². The van der Waals surface area contributed by atoms with Crippen molar-refractivity contribution in [3.8, 4) is 0 Å². The Kier molecular flexibility index (Phi) is 6.95. The molecule has 1 fully saturated rings. The molecule has 0 aliphatic carbocycles. The van der Waals surface area contributed by atoms with Crippen LogP contribution in [0, 0.1) is 20.8 Å². The fourth-order valence-corrected chi connectivity index (χ4v) is 6.46. The number of ether oxygens (including phenoxy) is 1. The first kappa shape index (κ1) is 23.9. The molecule has 176 valence electrons. The van der Waals surface area contributed by atoms with E-state index in [9.17, 15) is 13.2 Å². The van der Waals surface area contributed by atoms with E-state index in [1.54, 1.807) is 18.2 Å². The van der Waals surface area contributed by atoms with Gasteiger partial charge in [0.25, 0.3) is 0 Å². The Morgan fingerprint density at radius 2 is 1.76 bits per heavy atom. The minimum atomic E-state index is -3.59. The van der Waals surface area contributed by atoms with Crippen molar-refractivity contribution >= 4 is 38.6 Å². The third-order valence-corrected chi connectivity index (χ3v) is 8.95. The second-order valence-electron chi connectivity index (χ2n) is 8.27. The highest BCUT2D eigenvalue weighted by molar-refractivity contribution is 7.99. The standard InChI is InChI=1S/C24H29N3O4S2/c1-5-27-22-7-6-19(33(29,30)26-8-10-31-11-9-26)14-21(22)25-24(27)32-15-23(28)20-13-17(3)16(2)12-18(20)4/h6-7,12-14H,5,8-11,15H2,1-4H3. The molecule has 9 heteroatoms. The minimum Gasteiger partial charge on any atom is -0.379 e. The summed E-state index contributed by atoms with van der Waals surface area (Å²) in [6.07, 6.45) is 0. The number of carbonyl (C=O) groups excluding carboxylic acids is 1. The number of carbonyl (C=O) groups is 1. The van der Waals surface area contributed by atoms with Crippen LogP contribution < -0.4 is 0 Å². The third-order valence-electron chi connectivity index (χ3n) is 6.08. The maximum absolute atomic E-state index is 13.0. The fourth-order valence-electron chi connectivity index (χ4n) is 4.07. The van der Waals surface area contributed by atoms with Gasteiger partial charge in [-0.2, -0.15) is 4.31 Å². The van der Waals surface area contributed by atoms with E-state index in [1.807, 2.05) is 44.4 Å². The van der Waals surface area contributed by atoms with Crippen LogP contribution in [0.3, 0.4) is 0 Å². The average molecular weight is 488 g/mol. The first-order valence-electron chi connectivity index (χ1n) is 11.0. The van der Waals surface area contributed by atoms with Gasteiger partial charge in [-0.25, -0.2) is 13.4 Å². The lowest BCUT2D eigenvalue weighted by atomic mass is 9.99. The van der Waals surface area contributed by atoms with E-state index < -0.39 is 10.0 Å². The number of aryl methyl sites for hydroxylation is 4. The van der Waals surface area contributed by atoms with Crippen molar-refractivity contribution in [1.82, 2.24) is 13.9 Å². The quantitative estimate of drug-likeness (QED) is 0.370. The molecule has 7 nitrogen and oxygen atoms in total. The lowest BCUT2D eigenvalue weighted by molar-refractivity contribution is 0.0730. The summed E-state index contributed by atoms with van der Waals surface area (Å²) in [6, 6.07) is 9.08. The Morgan fingerprint density at radius 1 is 1.06 bits per heavy atom. The van der Waals surface area contributed by atoms with Gasteiger partial charge in [-0.3, -0.25) is 4.79 Å². The normalized spacial score (nSPS) is 15.3. The Labute approximate surface area is 199 Å². The summed E-state index contributed by atoms with van der Waals surface area (Å²) in [7, 11) is -3.59. The molecule has 1 saturated heterocycles. The Bertz CT molecular complexity index is 1310. The number of hydrogen-bond donors (Lipinski definition) is 0. The molecule has 0 spiro atoms. The first-order chi connectivity index (χ1) is 15.7. The monoisotopic (exact) mass is 487 g/mol. The number of imidazole rings is 1. The van der Waals surface area contributed by atoms with Gasteiger partial charge in [0.1, 0.15) is 0 Å². The molecular weight excluding hydrogens is 458 g/mol. The molecule has 1 aliphatic rings. The van der Waals surface area contributed by atoms with Crippen LogP contribution in [0.5, 0.6) is 0 Å². The highest BCUT2D eigenvalue weighted by atomic mass is 32.2. The van der Waals surface area contributed by atoms with Gasteiger partial charge >= 0.3 is 0 Å². The number of aromatic nitrogens is 2. The van der Waals surface area contributed by atoms with Crippen LogP contribution in [-0.2, 0) is 21.3 Å². The zero-order valence-corrected chi connectivity index (χ0v) is 21.1. The van der Waals surface area contributed by atoms with Crippen molar-refractivity contribution in [2.45, 2.75) is 44.3 Å². The highest BCUT2D eigenvalue weighted by Crippen LogP contribution is 2.28. The fraction of sp³-hybridized carbons (Fsp3) is 0.417. The molecule has 2 aromatic carbocycles. The number of thioether (sulfide) groups is 1. The van der Waals surface area contributed by atoms with E-state index in [-0.39, 0.29) is 16.4 Å². The molecule has 0 saturated carbocycles. The van der Waals surface area contributed by atoms with E-state index >= 15 is 0 Å². The number of Topliss-reactive ketones (excluding diaryl/α,β-unsaturated/α-hetero) is 1. The third kappa shape index (κ3) is 4.73. The topological polar surface area (TPSA) is 81.5 Å². The molecule has 0 radical (unpaired) electrons. The summed E-state index contributed by atoms with van der Waals surface area (Å²) in [5.41, 5.74) is 5.46. The second-order valence-corrected chi connectivity index (χ2v) is 11.1. The van der Waals surface area contributed by atoms with Gasteiger partial charge in [0, 0.05) is 25.2 Å². The van der Waals surface area contributed by atoms with Crippen LogP contribution in [0.25, 0.3) is 11.0 Å². The van der Waals surface area contributed by atoms with Crippen LogP contribution in [0.4, 0.5) is 0 Å². The van der Waals surface area contributed by atoms with Gasteiger partial charge in [-0.1, -0.05) is 17.8 Å². The summed E-state index contributed by atoms with van der Waals surface area (Å²) in [5, 5.41) is 0.711. The molecule has 0 atom stereocenters. The maximum Gasteiger partial charge on any atom is 0.243 e. The van der Waals surface area contributed by atoms with Gasteiger partial charge < -0.3 is 9.30 Å². The van der Waals surface area contributed by atoms with Gasteiger partial charge in [0.2, 0.25) is 10.0 Å². The van der Waals surface area contributed by atoms with Crippen LogP contribution in [0.15, 0.2) is 40.4 Å². The molecule has 0 amide bonds. The number of fused-ring (bicyclic) bond motifs is 1. The lowest BCUT2D eigenvalue weighted by Gasteiger charge is -2.26. The SMILES string of the molecule is CCn1c(SCC(=O)c2cc(C)c(C)cc2C)nc2cc(S(=O)(=O)N3CCOCC3)ccc21. The number of morpholine rings is 1. The molecule has 33 heavy (non-hydrogen) atoms. The van der Waals surface area contributed by atoms with E-state index in [4.69, 9.17) is 4.74 Å². The van der Waals surface area contributed by atoms with Crippen molar-refractivity contribution in [3.63, 3.8) is 0 Å². The zero-order valence-electron chi connectivity index (χ0n) is 19.4. The molecule has 0 bridgehead atoms.